The van der Waals surface area contributed by atoms with E-state index in [1.54, 1.807) is 36.1 Å². The van der Waals surface area contributed by atoms with Crippen LogP contribution in [0, 0.1) is 0 Å². The molecule has 0 saturated carbocycles. The lowest BCUT2D eigenvalue weighted by Crippen LogP contribution is -2.31. The Kier molecular flexibility index (Phi) is 10.9. The van der Waals surface area contributed by atoms with Gasteiger partial charge in [-0.3, -0.25) is 4.79 Å². The number of amides is 1. The summed E-state index contributed by atoms with van der Waals surface area (Å²) < 4.78 is 19.5. The van der Waals surface area contributed by atoms with Gasteiger partial charge in [0, 0.05) is 32.1 Å². The van der Waals surface area contributed by atoms with Gasteiger partial charge >= 0.3 is 0 Å². The van der Waals surface area contributed by atoms with Gasteiger partial charge in [0.1, 0.15) is 18.4 Å². The van der Waals surface area contributed by atoms with Crippen molar-refractivity contribution in [1.82, 2.24) is 14.8 Å². The molecule has 0 spiro atoms. The van der Waals surface area contributed by atoms with Crippen LogP contribution in [0.2, 0.25) is 15.1 Å². The van der Waals surface area contributed by atoms with E-state index in [0.29, 0.717) is 72.7 Å². The minimum Gasteiger partial charge on any atom is -0.495 e. The van der Waals surface area contributed by atoms with Gasteiger partial charge in [-0.25, -0.2) is 4.68 Å². The molecule has 0 radical (unpaired) electrons. The Morgan fingerprint density at radius 3 is 2.49 bits per heavy atom. The zero-order valence-electron chi connectivity index (χ0n) is 26.8. The average Bonchev–Trinajstić information content (AvgIpc) is 3.50. The number of nitrogens with one attached hydrogen (secondary N) is 2. The first-order valence-electron chi connectivity index (χ1n) is 15.3. The number of thioether (sulfide) groups is 1. The maximum Gasteiger partial charge on any atom is 0.255 e. The van der Waals surface area contributed by atoms with E-state index in [-0.39, 0.29) is 12.5 Å². The van der Waals surface area contributed by atoms with Crippen LogP contribution >= 0.6 is 46.6 Å². The number of allylic oxidation sites excluding steroid dienone is 1. The zero-order valence-corrected chi connectivity index (χ0v) is 29.9. The number of ether oxygens (including phenoxy) is 3. The zero-order chi connectivity index (χ0) is 34.5. The number of anilines is 2. The molecule has 252 valence electrons. The maximum atomic E-state index is 14.2. The number of nitrogens with zero attached hydrogens (tertiary/aromatic N) is 3. The molecule has 1 unspecified atom stereocenters. The number of hydrogen-bond donors (Lipinski definition) is 2. The summed E-state index contributed by atoms with van der Waals surface area (Å²) in [4.78, 5) is 18.9. The number of benzene rings is 4. The SMILES string of the molecule is CCOc1cc(C2C(C(=O)Nc3ccccc3OC)=C(C)Nc3nc(SCc4ccccc4Cl)nn32)ccc1OCc1ccc(Cl)cc1Cl. The molecule has 13 heteroatoms. The fourth-order valence-electron chi connectivity index (χ4n) is 5.37. The summed E-state index contributed by atoms with van der Waals surface area (Å²) >= 11 is 20.3. The van der Waals surface area contributed by atoms with Crippen LogP contribution in [0.3, 0.4) is 0 Å². The van der Waals surface area contributed by atoms with Crippen molar-refractivity contribution >= 4 is 64.1 Å². The van der Waals surface area contributed by atoms with Gasteiger partial charge in [-0.1, -0.05) is 89.0 Å². The monoisotopic (exact) mass is 735 g/mol. The Labute approximate surface area is 303 Å². The quantitative estimate of drug-likeness (QED) is 0.122. The minimum atomic E-state index is -0.674. The number of methoxy groups -OCH3 is 1. The predicted molar refractivity (Wildman–Crippen MR) is 196 cm³/mol. The fourth-order valence-corrected chi connectivity index (χ4v) is 6.94. The first kappa shape index (κ1) is 34.5. The lowest BCUT2D eigenvalue weighted by atomic mass is 9.94. The van der Waals surface area contributed by atoms with E-state index in [2.05, 4.69) is 10.6 Å². The summed E-state index contributed by atoms with van der Waals surface area (Å²) in [6, 6.07) is 25.1. The number of hydrogen-bond acceptors (Lipinski definition) is 8. The smallest absolute Gasteiger partial charge is 0.255 e. The molecular weight excluding hydrogens is 705 g/mol. The molecule has 0 saturated heterocycles. The third kappa shape index (κ3) is 7.78. The van der Waals surface area contributed by atoms with Crippen molar-refractivity contribution in [2.24, 2.45) is 0 Å². The van der Waals surface area contributed by atoms with Crippen molar-refractivity contribution in [2.75, 3.05) is 24.4 Å². The molecule has 1 atom stereocenters. The molecule has 0 fully saturated rings. The Hall–Kier alpha value is -4.35. The van der Waals surface area contributed by atoms with E-state index < -0.39 is 6.04 Å². The Morgan fingerprint density at radius 2 is 1.71 bits per heavy atom. The second kappa shape index (κ2) is 15.5. The molecule has 9 nitrogen and oxygen atoms in total. The number of aromatic nitrogens is 3. The topological polar surface area (TPSA) is 99.5 Å². The van der Waals surface area contributed by atoms with Gasteiger partial charge in [-0.2, -0.15) is 4.98 Å². The highest BCUT2D eigenvalue weighted by molar-refractivity contribution is 7.98. The van der Waals surface area contributed by atoms with Crippen molar-refractivity contribution in [3.63, 3.8) is 0 Å². The van der Waals surface area contributed by atoms with Gasteiger partial charge in [-0.15, -0.1) is 5.10 Å². The van der Waals surface area contributed by atoms with Gasteiger partial charge in [0.2, 0.25) is 11.1 Å². The summed E-state index contributed by atoms with van der Waals surface area (Å²) in [6.07, 6.45) is 0. The highest BCUT2D eigenvalue weighted by Crippen LogP contribution is 2.41. The van der Waals surface area contributed by atoms with Crippen molar-refractivity contribution in [2.45, 2.75) is 37.4 Å². The summed E-state index contributed by atoms with van der Waals surface area (Å²) in [6.45, 7) is 4.33. The minimum absolute atomic E-state index is 0.202. The third-order valence-electron chi connectivity index (χ3n) is 7.73. The van der Waals surface area contributed by atoms with E-state index in [4.69, 9.17) is 59.1 Å². The van der Waals surface area contributed by atoms with Crippen LogP contribution in [-0.2, 0) is 17.2 Å². The molecule has 0 bridgehead atoms. The molecule has 1 amide bonds. The average molecular weight is 737 g/mol. The summed E-state index contributed by atoms with van der Waals surface area (Å²) in [5, 5.41) is 13.4. The van der Waals surface area contributed by atoms with Gasteiger partial charge in [0.05, 0.1) is 25.0 Å². The van der Waals surface area contributed by atoms with Crippen molar-refractivity contribution < 1.29 is 19.0 Å². The van der Waals surface area contributed by atoms with Crippen molar-refractivity contribution in [3.05, 3.63) is 128 Å². The van der Waals surface area contributed by atoms with Crippen LogP contribution in [0.15, 0.2) is 101 Å². The molecule has 0 aliphatic carbocycles. The Morgan fingerprint density at radius 1 is 0.918 bits per heavy atom. The maximum absolute atomic E-state index is 14.2. The largest absolute Gasteiger partial charge is 0.495 e. The molecule has 6 rings (SSSR count). The van der Waals surface area contributed by atoms with Crippen LogP contribution in [0.25, 0.3) is 0 Å². The van der Waals surface area contributed by atoms with E-state index in [1.807, 2.05) is 74.5 Å². The Bertz CT molecular complexity index is 2040. The number of halogens is 3. The summed E-state index contributed by atoms with van der Waals surface area (Å²) in [5.74, 6) is 2.28. The summed E-state index contributed by atoms with van der Waals surface area (Å²) in [5.41, 5.74) is 4.08. The normalized spacial score (nSPS) is 13.8. The second-order valence-electron chi connectivity index (χ2n) is 10.9. The van der Waals surface area contributed by atoms with Crippen molar-refractivity contribution in [3.8, 4) is 17.2 Å². The van der Waals surface area contributed by atoms with E-state index in [0.717, 1.165) is 16.7 Å². The number of para-hydroxylation sites is 2. The number of carbonyl (C=O) groups excluding carboxylic acids is 1. The van der Waals surface area contributed by atoms with Gasteiger partial charge in [0.15, 0.2) is 11.5 Å². The molecule has 2 N–H and O–H groups in total. The van der Waals surface area contributed by atoms with E-state index in [9.17, 15) is 4.79 Å². The molecule has 5 aromatic rings. The van der Waals surface area contributed by atoms with Crippen LogP contribution in [0.1, 0.15) is 36.6 Å². The number of fused-ring (bicyclic) bond motifs is 1. The van der Waals surface area contributed by atoms with Crippen LogP contribution in [0.4, 0.5) is 11.6 Å². The van der Waals surface area contributed by atoms with E-state index in [1.165, 1.54) is 11.8 Å². The lowest BCUT2D eigenvalue weighted by molar-refractivity contribution is -0.113. The van der Waals surface area contributed by atoms with Crippen LogP contribution in [-0.4, -0.2) is 34.4 Å². The number of carbonyl (C=O) groups is 1. The highest BCUT2D eigenvalue weighted by atomic mass is 35.5. The number of rotatable bonds is 12. The van der Waals surface area contributed by atoms with E-state index >= 15 is 0 Å². The van der Waals surface area contributed by atoms with Gasteiger partial charge in [0.25, 0.3) is 5.91 Å². The molecule has 4 aromatic carbocycles. The standard InChI is InChI=1S/C36H32Cl3N5O4S/c1-4-47-31-17-22(14-16-30(31)48-19-23-13-15-25(37)18-27(23)39)33-32(34(45)41-28-11-7-8-12-29(28)46-3)21(2)40-35-42-36(43-44(33)35)49-20-24-9-5-6-10-26(24)38/h5-18,33H,4,19-20H2,1-3H3,(H,41,45)(H,40,42,43). The molecule has 49 heavy (non-hydrogen) atoms. The Balaban J connectivity index is 1.37. The van der Waals surface area contributed by atoms with Crippen LogP contribution < -0.4 is 24.8 Å². The predicted octanol–water partition coefficient (Wildman–Crippen LogP) is 9.44. The van der Waals surface area contributed by atoms with Crippen molar-refractivity contribution in [1.29, 1.82) is 0 Å². The molecular formula is C36H32Cl3N5O4S. The highest BCUT2D eigenvalue weighted by Gasteiger charge is 2.35. The molecule has 1 aromatic heterocycles. The molecule has 1 aliphatic heterocycles. The molecule has 1 aliphatic rings. The molecule has 2 heterocycles. The first-order chi connectivity index (χ1) is 23.7. The first-order valence-corrected chi connectivity index (χ1v) is 17.5. The fraction of sp³-hybridized carbons (Fsp3) is 0.194. The lowest BCUT2D eigenvalue weighted by Gasteiger charge is -2.29. The third-order valence-corrected chi connectivity index (χ3v) is 9.57. The second-order valence-corrected chi connectivity index (χ2v) is 13.1. The van der Waals surface area contributed by atoms with Gasteiger partial charge < -0.3 is 24.8 Å². The van der Waals surface area contributed by atoms with Crippen LogP contribution in [0.5, 0.6) is 17.2 Å². The summed E-state index contributed by atoms with van der Waals surface area (Å²) in [7, 11) is 1.56. The van der Waals surface area contributed by atoms with Gasteiger partial charge in [-0.05, 0) is 67.4 Å².